The van der Waals surface area contributed by atoms with Gasteiger partial charge in [-0.2, -0.15) is 4.31 Å². The van der Waals surface area contributed by atoms with Crippen LogP contribution >= 0.6 is 11.6 Å². The third kappa shape index (κ3) is 4.78. The third-order valence-electron chi connectivity index (χ3n) is 5.32. The molecule has 0 unspecified atom stereocenters. The zero-order valence-corrected chi connectivity index (χ0v) is 18.1. The number of hydrogen-bond donors (Lipinski definition) is 0. The summed E-state index contributed by atoms with van der Waals surface area (Å²) >= 11 is 5.95. The highest BCUT2D eigenvalue weighted by atomic mass is 35.5. The normalized spacial score (nSPS) is 17.4. The molecule has 0 aromatic heterocycles. The van der Waals surface area contributed by atoms with Gasteiger partial charge in [0.05, 0.1) is 15.8 Å². The number of fused-ring (bicyclic) bond motifs is 1. The van der Waals surface area contributed by atoms with Gasteiger partial charge >= 0.3 is 5.97 Å². The molecule has 0 amide bonds. The van der Waals surface area contributed by atoms with E-state index in [0.29, 0.717) is 43.1 Å². The molecule has 0 spiro atoms. The van der Waals surface area contributed by atoms with Crippen LogP contribution in [0.15, 0.2) is 41.3 Å². The molecule has 7 nitrogen and oxygen atoms in total. The highest BCUT2D eigenvalue weighted by Gasteiger charge is 2.33. The van der Waals surface area contributed by atoms with E-state index in [-0.39, 0.29) is 29.6 Å². The van der Waals surface area contributed by atoms with Gasteiger partial charge in [-0.15, -0.1) is 0 Å². The molecule has 4 rings (SSSR count). The van der Waals surface area contributed by atoms with E-state index >= 15 is 0 Å². The monoisotopic (exact) mass is 469 g/mol. The lowest BCUT2D eigenvalue weighted by Crippen LogP contribution is -2.40. The highest BCUT2D eigenvalue weighted by molar-refractivity contribution is 7.89. The lowest BCUT2D eigenvalue weighted by atomic mass is 9.98. The topological polar surface area (TPSA) is 82.1 Å². The Morgan fingerprint density at radius 1 is 1.10 bits per heavy atom. The van der Waals surface area contributed by atoms with Crippen LogP contribution < -0.4 is 9.47 Å². The van der Waals surface area contributed by atoms with Crippen molar-refractivity contribution in [1.29, 1.82) is 0 Å². The van der Waals surface area contributed by atoms with Crippen molar-refractivity contribution in [2.75, 3.05) is 26.3 Å². The van der Waals surface area contributed by atoms with E-state index in [1.165, 1.54) is 28.6 Å². The van der Waals surface area contributed by atoms with E-state index in [0.717, 1.165) is 6.07 Å². The molecule has 10 heteroatoms. The lowest BCUT2D eigenvalue weighted by Gasteiger charge is -2.30. The number of carbonyl (C=O) groups excluding carboxylic acids is 1. The molecule has 1 saturated heterocycles. The summed E-state index contributed by atoms with van der Waals surface area (Å²) in [6.45, 7) is 1.14. The van der Waals surface area contributed by atoms with Crippen molar-refractivity contribution in [1.82, 2.24) is 4.31 Å². The van der Waals surface area contributed by atoms with Crippen LogP contribution in [0, 0.1) is 11.7 Å². The van der Waals surface area contributed by atoms with Gasteiger partial charge in [-0.25, -0.2) is 12.8 Å². The number of hydrogen-bond acceptors (Lipinski definition) is 6. The maximum Gasteiger partial charge on any atom is 0.309 e. The molecule has 0 aliphatic carbocycles. The van der Waals surface area contributed by atoms with E-state index in [2.05, 4.69) is 0 Å². The molecular weight excluding hydrogens is 449 g/mol. The van der Waals surface area contributed by atoms with Crippen molar-refractivity contribution in [2.45, 2.75) is 24.3 Å². The average Bonchev–Trinajstić information content (AvgIpc) is 2.78. The number of rotatable bonds is 5. The number of carbonyl (C=O) groups is 1. The first-order valence-corrected chi connectivity index (χ1v) is 11.7. The summed E-state index contributed by atoms with van der Waals surface area (Å²) in [7, 11) is -3.72. The minimum Gasteiger partial charge on any atom is -0.486 e. The number of nitrogens with zero attached hydrogens (tertiary/aromatic N) is 1. The number of benzene rings is 2. The standard InChI is InChI=1S/C21H21ClFNO6S/c22-18-11-16(23)2-1-15(18)13-30-21(25)14-5-7-24(8-6-14)31(26,27)17-3-4-19-20(12-17)29-10-9-28-19/h1-4,11-12,14H,5-10,13H2. The molecule has 2 heterocycles. The second-order valence-corrected chi connectivity index (χ2v) is 9.67. The summed E-state index contributed by atoms with van der Waals surface area (Å²) in [5, 5.41) is 0.188. The molecule has 166 valence electrons. The van der Waals surface area contributed by atoms with Crippen molar-refractivity contribution in [3.63, 3.8) is 0 Å². The Kier molecular flexibility index (Phi) is 6.36. The fourth-order valence-electron chi connectivity index (χ4n) is 3.57. The summed E-state index contributed by atoms with van der Waals surface area (Å²) in [5.74, 6) is -0.368. The Labute approximate surface area is 184 Å². The van der Waals surface area contributed by atoms with Crippen LogP contribution in [0.25, 0.3) is 0 Å². The first-order valence-electron chi connectivity index (χ1n) is 9.85. The van der Waals surface area contributed by atoms with E-state index in [1.807, 2.05) is 0 Å². The predicted octanol–water partition coefficient (Wildman–Crippen LogP) is 3.39. The molecule has 0 radical (unpaired) electrons. The summed E-state index contributed by atoms with van der Waals surface area (Å²) in [5.41, 5.74) is 0.509. The highest BCUT2D eigenvalue weighted by Crippen LogP contribution is 2.34. The van der Waals surface area contributed by atoms with Crippen molar-refractivity contribution in [2.24, 2.45) is 5.92 Å². The molecule has 2 aliphatic heterocycles. The van der Waals surface area contributed by atoms with Crippen molar-refractivity contribution >= 4 is 27.6 Å². The Morgan fingerprint density at radius 3 is 2.52 bits per heavy atom. The zero-order valence-electron chi connectivity index (χ0n) is 16.6. The first kappa shape index (κ1) is 21.9. The maximum absolute atomic E-state index is 13.1. The van der Waals surface area contributed by atoms with Crippen molar-refractivity contribution in [3.05, 3.63) is 52.8 Å². The first-order chi connectivity index (χ1) is 14.8. The van der Waals surface area contributed by atoms with Gasteiger partial charge < -0.3 is 14.2 Å². The van der Waals surface area contributed by atoms with Crippen LogP contribution in [-0.2, 0) is 26.2 Å². The minimum atomic E-state index is -3.72. The average molecular weight is 470 g/mol. The maximum atomic E-state index is 13.1. The van der Waals surface area contributed by atoms with Gasteiger partial charge in [-0.05, 0) is 37.1 Å². The molecule has 1 fully saturated rings. The van der Waals surface area contributed by atoms with Crippen LogP contribution in [0.5, 0.6) is 11.5 Å². The van der Waals surface area contributed by atoms with E-state index in [9.17, 15) is 17.6 Å². The van der Waals surface area contributed by atoms with E-state index < -0.39 is 27.7 Å². The minimum absolute atomic E-state index is 0.0618. The van der Waals surface area contributed by atoms with Crippen molar-refractivity contribution < 1.29 is 31.8 Å². The van der Waals surface area contributed by atoms with Crippen LogP contribution in [0.2, 0.25) is 5.02 Å². The smallest absolute Gasteiger partial charge is 0.309 e. The van der Waals surface area contributed by atoms with Crippen LogP contribution in [0.3, 0.4) is 0 Å². The fourth-order valence-corrected chi connectivity index (χ4v) is 5.28. The molecule has 2 aromatic rings. The molecule has 2 aromatic carbocycles. The third-order valence-corrected chi connectivity index (χ3v) is 7.57. The van der Waals surface area contributed by atoms with Crippen LogP contribution in [0.1, 0.15) is 18.4 Å². The van der Waals surface area contributed by atoms with Gasteiger partial charge in [0.25, 0.3) is 0 Å². The predicted molar refractivity (Wildman–Crippen MR) is 110 cm³/mol. The fraction of sp³-hybridized carbons (Fsp3) is 0.381. The largest absolute Gasteiger partial charge is 0.486 e. The number of sulfonamides is 1. The Balaban J connectivity index is 1.35. The van der Waals surface area contributed by atoms with Gasteiger partial charge in [-0.3, -0.25) is 4.79 Å². The van der Waals surface area contributed by atoms with Gasteiger partial charge in [-0.1, -0.05) is 17.7 Å². The second-order valence-electron chi connectivity index (χ2n) is 7.33. The quantitative estimate of drug-likeness (QED) is 0.624. The Bertz CT molecular complexity index is 1090. The molecule has 0 saturated carbocycles. The lowest BCUT2D eigenvalue weighted by molar-refractivity contribution is -0.151. The summed E-state index contributed by atoms with van der Waals surface area (Å²) in [6, 6.07) is 8.42. The van der Waals surface area contributed by atoms with Gasteiger partial charge in [0, 0.05) is 24.7 Å². The summed E-state index contributed by atoms with van der Waals surface area (Å²) < 4.78 is 56.7. The second kappa shape index (κ2) is 9.02. The van der Waals surface area contributed by atoms with Gasteiger partial charge in [0.1, 0.15) is 25.6 Å². The number of halogens is 2. The molecular formula is C21H21ClFNO6S. The van der Waals surface area contributed by atoms with E-state index in [1.54, 1.807) is 6.07 Å². The molecule has 31 heavy (non-hydrogen) atoms. The van der Waals surface area contributed by atoms with Gasteiger partial charge in [0.2, 0.25) is 10.0 Å². The van der Waals surface area contributed by atoms with Crippen LogP contribution in [-0.4, -0.2) is 45.0 Å². The number of ether oxygens (including phenoxy) is 3. The Hall–Kier alpha value is -2.36. The summed E-state index contributed by atoms with van der Waals surface area (Å²) in [6.07, 6.45) is 0.694. The number of esters is 1. The molecule has 0 bridgehead atoms. The van der Waals surface area contributed by atoms with Gasteiger partial charge in [0.15, 0.2) is 11.5 Å². The molecule has 0 atom stereocenters. The Morgan fingerprint density at radius 2 is 1.81 bits per heavy atom. The van der Waals surface area contributed by atoms with Crippen molar-refractivity contribution in [3.8, 4) is 11.5 Å². The SMILES string of the molecule is O=C(OCc1ccc(F)cc1Cl)C1CCN(S(=O)(=O)c2ccc3c(c2)OCCO3)CC1. The number of piperidine rings is 1. The molecule has 0 N–H and O–H groups in total. The summed E-state index contributed by atoms with van der Waals surface area (Å²) in [4.78, 5) is 12.5. The van der Waals surface area contributed by atoms with Crippen LogP contribution in [0.4, 0.5) is 4.39 Å². The zero-order chi connectivity index (χ0) is 22.0. The van der Waals surface area contributed by atoms with E-state index in [4.69, 9.17) is 25.8 Å². The molecule has 2 aliphatic rings.